The van der Waals surface area contributed by atoms with E-state index in [1.165, 1.54) is 0 Å². The first-order valence-electron chi connectivity index (χ1n) is 7.54. The van der Waals surface area contributed by atoms with Gasteiger partial charge in [-0.3, -0.25) is 9.48 Å². The van der Waals surface area contributed by atoms with E-state index >= 15 is 0 Å². The Morgan fingerprint density at radius 2 is 2.16 bits per heavy atom. The van der Waals surface area contributed by atoms with Gasteiger partial charge in [0.2, 0.25) is 0 Å². The molecule has 0 saturated carbocycles. The highest BCUT2D eigenvalue weighted by Gasteiger charge is 2.11. The maximum atomic E-state index is 12.1. The summed E-state index contributed by atoms with van der Waals surface area (Å²) in [6.45, 7) is 1.18. The molecule has 0 aliphatic rings. The van der Waals surface area contributed by atoms with Crippen LogP contribution in [0, 0.1) is 0 Å². The number of rotatable bonds is 7. The van der Waals surface area contributed by atoms with Gasteiger partial charge in [-0.2, -0.15) is 5.10 Å². The molecule has 130 valence electrons. The number of para-hydroxylation sites is 1. The number of halogens is 2. The number of amides is 1. The van der Waals surface area contributed by atoms with E-state index in [2.05, 4.69) is 26.3 Å². The first kappa shape index (κ1) is 17.6. The smallest absolute Gasteiger partial charge is 0.287 e. The number of carbonyl (C=O) groups excluding carboxylic acids is 1. The van der Waals surface area contributed by atoms with E-state index in [9.17, 15) is 4.79 Å². The van der Waals surface area contributed by atoms with Crippen molar-refractivity contribution in [2.45, 2.75) is 13.2 Å². The van der Waals surface area contributed by atoms with Crippen LogP contribution in [0.4, 0.5) is 0 Å². The summed E-state index contributed by atoms with van der Waals surface area (Å²) in [5.41, 5.74) is 0. The van der Waals surface area contributed by atoms with Crippen LogP contribution in [0.5, 0.6) is 5.75 Å². The van der Waals surface area contributed by atoms with Crippen LogP contribution in [0.2, 0.25) is 5.02 Å². The lowest BCUT2D eigenvalue weighted by Gasteiger charge is -2.06. The van der Waals surface area contributed by atoms with E-state index in [-0.39, 0.29) is 18.3 Å². The molecule has 6 nitrogen and oxygen atoms in total. The minimum atomic E-state index is -0.287. The summed E-state index contributed by atoms with van der Waals surface area (Å²) in [5.74, 6) is 1.23. The molecule has 0 unspecified atom stereocenters. The van der Waals surface area contributed by atoms with E-state index in [4.69, 9.17) is 20.8 Å². The Morgan fingerprint density at radius 3 is 2.92 bits per heavy atom. The fraction of sp³-hybridized carbons (Fsp3) is 0.176. The topological polar surface area (TPSA) is 69.3 Å². The van der Waals surface area contributed by atoms with Gasteiger partial charge in [-0.05, 0) is 40.2 Å². The number of hydrogen-bond donors (Lipinski definition) is 1. The van der Waals surface area contributed by atoms with Crippen molar-refractivity contribution in [3.63, 3.8) is 0 Å². The molecule has 3 rings (SSSR count). The third-order valence-corrected chi connectivity index (χ3v) is 4.17. The third kappa shape index (κ3) is 4.87. The number of furan rings is 1. The summed E-state index contributed by atoms with van der Waals surface area (Å²) in [7, 11) is 0. The van der Waals surface area contributed by atoms with Gasteiger partial charge in [-0.1, -0.05) is 23.7 Å². The van der Waals surface area contributed by atoms with Gasteiger partial charge in [-0.25, -0.2) is 0 Å². The number of nitrogens with one attached hydrogen (secondary N) is 1. The SMILES string of the molecule is O=C(NCCn1cc(Cl)cn1)c1ccc(COc2ccccc2Br)o1. The zero-order valence-electron chi connectivity index (χ0n) is 13.1. The summed E-state index contributed by atoms with van der Waals surface area (Å²) in [5, 5.41) is 7.37. The predicted octanol–water partition coefficient (Wildman–Crippen LogP) is 3.90. The molecule has 0 atom stereocenters. The minimum Gasteiger partial charge on any atom is -0.484 e. The highest BCUT2D eigenvalue weighted by atomic mass is 79.9. The second kappa shape index (κ2) is 8.22. The Kier molecular flexibility index (Phi) is 5.78. The number of aromatic nitrogens is 2. The molecule has 0 fully saturated rings. The Labute approximate surface area is 157 Å². The van der Waals surface area contributed by atoms with Crippen molar-refractivity contribution in [3.8, 4) is 5.75 Å². The van der Waals surface area contributed by atoms with Gasteiger partial charge < -0.3 is 14.5 Å². The molecule has 0 aliphatic heterocycles. The molecule has 2 aromatic heterocycles. The standard InChI is InChI=1S/C17H15BrClN3O3/c18-14-3-1-2-4-15(14)24-11-13-5-6-16(25-13)17(23)20-7-8-22-10-12(19)9-21-22/h1-6,9-10H,7-8,11H2,(H,20,23). The number of hydrogen-bond acceptors (Lipinski definition) is 4. The molecule has 1 amide bonds. The zero-order chi connectivity index (χ0) is 17.6. The van der Waals surface area contributed by atoms with Crippen molar-refractivity contribution in [3.05, 3.63) is 69.8 Å². The molecule has 1 N–H and O–H groups in total. The molecule has 0 bridgehead atoms. The first-order chi connectivity index (χ1) is 12.1. The molecular formula is C17H15BrClN3O3. The third-order valence-electron chi connectivity index (χ3n) is 3.32. The van der Waals surface area contributed by atoms with Crippen LogP contribution >= 0.6 is 27.5 Å². The van der Waals surface area contributed by atoms with Gasteiger partial charge in [0.05, 0.1) is 22.2 Å². The first-order valence-corrected chi connectivity index (χ1v) is 8.71. The fourth-order valence-corrected chi connectivity index (χ4v) is 2.68. The summed E-state index contributed by atoms with van der Waals surface area (Å²) in [6, 6.07) is 10.9. The number of nitrogens with zero attached hydrogens (tertiary/aromatic N) is 2. The second-order valence-electron chi connectivity index (χ2n) is 5.16. The summed E-state index contributed by atoms with van der Waals surface area (Å²) in [6.07, 6.45) is 3.24. The number of benzene rings is 1. The Bertz CT molecular complexity index is 862. The Morgan fingerprint density at radius 1 is 1.32 bits per heavy atom. The van der Waals surface area contributed by atoms with E-state index in [0.717, 1.165) is 4.47 Å². The van der Waals surface area contributed by atoms with Crippen molar-refractivity contribution in [2.24, 2.45) is 0 Å². The van der Waals surface area contributed by atoms with E-state index < -0.39 is 0 Å². The van der Waals surface area contributed by atoms with Crippen LogP contribution < -0.4 is 10.1 Å². The largest absolute Gasteiger partial charge is 0.484 e. The maximum absolute atomic E-state index is 12.1. The average molecular weight is 425 g/mol. The van der Waals surface area contributed by atoms with Gasteiger partial charge in [0.25, 0.3) is 5.91 Å². The Balaban J connectivity index is 1.48. The van der Waals surface area contributed by atoms with Gasteiger partial charge >= 0.3 is 0 Å². The lowest BCUT2D eigenvalue weighted by Crippen LogP contribution is -2.27. The highest BCUT2D eigenvalue weighted by Crippen LogP contribution is 2.24. The van der Waals surface area contributed by atoms with E-state index in [1.807, 2.05) is 24.3 Å². The average Bonchev–Trinajstić information content (AvgIpc) is 3.23. The summed E-state index contributed by atoms with van der Waals surface area (Å²) >= 11 is 9.20. The van der Waals surface area contributed by atoms with Gasteiger partial charge in [0.15, 0.2) is 5.76 Å². The number of carbonyl (C=O) groups is 1. The lowest BCUT2D eigenvalue weighted by atomic mass is 10.3. The van der Waals surface area contributed by atoms with Crippen molar-refractivity contribution in [1.82, 2.24) is 15.1 Å². The van der Waals surface area contributed by atoms with Crippen LogP contribution in [0.15, 0.2) is 57.7 Å². The summed E-state index contributed by atoms with van der Waals surface area (Å²) < 4.78 is 13.7. The van der Waals surface area contributed by atoms with Crippen LogP contribution in [0.1, 0.15) is 16.3 Å². The zero-order valence-corrected chi connectivity index (χ0v) is 15.5. The number of ether oxygens (including phenoxy) is 1. The summed E-state index contributed by atoms with van der Waals surface area (Å²) in [4.78, 5) is 12.1. The normalized spacial score (nSPS) is 10.6. The monoisotopic (exact) mass is 423 g/mol. The molecule has 25 heavy (non-hydrogen) atoms. The predicted molar refractivity (Wildman–Crippen MR) is 96.8 cm³/mol. The Hall–Kier alpha value is -2.25. The van der Waals surface area contributed by atoms with Crippen LogP contribution in [-0.4, -0.2) is 22.2 Å². The second-order valence-corrected chi connectivity index (χ2v) is 6.45. The van der Waals surface area contributed by atoms with Crippen molar-refractivity contribution in [1.29, 1.82) is 0 Å². The molecule has 3 aromatic rings. The van der Waals surface area contributed by atoms with Gasteiger partial charge in [-0.15, -0.1) is 0 Å². The molecule has 1 aromatic carbocycles. The van der Waals surface area contributed by atoms with Crippen LogP contribution in [0.25, 0.3) is 0 Å². The lowest BCUT2D eigenvalue weighted by molar-refractivity contribution is 0.0920. The maximum Gasteiger partial charge on any atom is 0.287 e. The van der Waals surface area contributed by atoms with Crippen LogP contribution in [0.3, 0.4) is 0 Å². The van der Waals surface area contributed by atoms with Crippen LogP contribution in [-0.2, 0) is 13.2 Å². The molecule has 0 radical (unpaired) electrons. The van der Waals surface area contributed by atoms with Gasteiger partial charge in [0.1, 0.15) is 18.1 Å². The molecule has 2 heterocycles. The molecule has 0 aliphatic carbocycles. The van der Waals surface area contributed by atoms with Gasteiger partial charge in [0, 0.05) is 12.7 Å². The fourth-order valence-electron chi connectivity index (χ4n) is 2.12. The van der Waals surface area contributed by atoms with E-state index in [1.54, 1.807) is 29.2 Å². The quantitative estimate of drug-likeness (QED) is 0.624. The molecule has 8 heteroatoms. The van der Waals surface area contributed by atoms with Crippen molar-refractivity contribution in [2.75, 3.05) is 6.54 Å². The van der Waals surface area contributed by atoms with Crippen molar-refractivity contribution >= 4 is 33.4 Å². The molecular weight excluding hydrogens is 410 g/mol. The highest BCUT2D eigenvalue weighted by molar-refractivity contribution is 9.10. The molecule has 0 saturated heterocycles. The molecule has 0 spiro atoms. The van der Waals surface area contributed by atoms with Crippen molar-refractivity contribution < 1.29 is 13.9 Å². The van der Waals surface area contributed by atoms with E-state index in [0.29, 0.717) is 29.6 Å². The minimum absolute atomic E-state index is 0.238.